The lowest BCUT2D eigenvalue weighted by Gasteiger charge is -2.39. The molecule has 114 valence electrons. The van der Waals surface area contributed by atoms with Gasteiger partial charge in [0, 0.05) is 6.42 Å². The number of benzene rings is 1. The Morgan fingerprint density at radius 3 is 2.86 bits per heavy atom. The normalized spacial score (nSPS) is 28.5. The van der Waals surface area contributed by atoms with E-state index in [4.69, 9.17) is 18.9 Å². The summed E-state index contributed by atoms with van der Waals surface area (Å²) in [6, 6.07) is 6.96. The van der Waals surface area contributed by atoms with Gasteiger partial charge in [-0.2, -0.15) is 0 Å². The van der Waals surface area contributed by atoms with Gasteiger partial charge in [-0.05, 0) is 37.5 Å². The monoisotopic (exact) mass is 292 g/mol. The molecule has 2 fully saturated rings. The molecule has 2 heterocycles. The highest BCUT2D eigenvalue weighted by molar-refractivity contribution is 5.90. The third kappa shape index (κ3) is 2.89. The van der Waals surface area contributed by atoms with Gasteiger partial charge in [0.05, 0.1) is 25.9 Å². The first-order valence-corrected chi connectivity index (χ1v) is 7.36. The van der Waals surface area contributed by atoms with E-state index in [2.05, 4.69) is 0 Å². The highest BCUT2D eigenvalue weighted by Crippen LogP contribution is 2.37. The highest BCUT2D eigenvalue weighted by atomic mass is 16.7. The second-order valence-electron chi connectivity index (χ2n) is 5.38. The van der Waals surface area contributed by atoms with Gasteiger partial charge >= 0.3 is 5.97 Å². The van der Waals surface area contributed by atoms with E-state index in [0.29, 0.717) is 24.5 Å². The summed E-state index contributed by atoms with van der Waals surface area (Å²) in [5.74, 6) is -0.456. The number of esters is 1. The summed E-state index contributed by atoms with van der Waals surface area (Å²) in [5.41, 5.74) is 0.480. The molecule has 0 saturated carbocycles. The molecular formula is C16H20O5. The number of methoxy groups -OCH3 is 1. The van der Waals surface area contributed by atoms with Crippen molar-refractivity contribution < 1.29 is 23.7 Å². The number of ether oxygens (including phenoxy) is 4. The van der Waals surface area contributed by atoms with E-state index in [1.165, 1.54) is 0 Å². The van der Waals surface area contributed by atoms with Crippen LogP contribution in [0.5, 0.6) is 5.75 Å². The molecular weight excluding hydrogens is 272 g/mol. The summed E-state index contributed by atoms with van der Waals surface area (Å²) in [4.78, 5) is 12.3. The molecule has 0 radical (unpaired) electrons. The Bertz CT molecular complexity index is 507. The lowest BCUT2D eigenvalue weighted by Crippen LogP contribution is -2.50. The van der Waals surface area contributed by atoms with E-state index >= 15 is 0 Å². The summed E-state index contributed by atoms with van der Waals surface area (Å²) in [7, 11) is 1.57. The topological polar surface area (TPSA) is 54.0 Å². The second kappa shape index (κ2) is 6.03. The highest BCUT2D eigenvalue weighted by Gasteiger charge is 2.48. The Hall–Kier alpha value is -1.59. The van der Waals surface area contributed by atoms with E-state index in [-0.39, 0.29) is 12.1 Å². The van der Waals surface area contributed by atoms with Gasteiger partial charge in [0.2, 0.25) is 5.79 Å². The SMILES string of the molecule is COc1cccc(C(=O)OC2CCCOC23CCCO3)c1. The van der Waals surface area contributed by atoms with E-state index < -0.39 is 5.79 Å². The molecule has 5 heteroatoms. The minimum absolute atomic E-state index is 0.340. The van der Waals surface area contributed by atoms with Gasteiger partial charge in [0.25, 0.3) is 0 Å². The van der Waals surface area contributed by atoms with Crippen LogP contribution in [-0.2, 0) is 14.2 Å². The maximum Gasteiger partial charge on any atom is 0.338 e. The maximum absolute atomic E-state index is 12.3. The lowest BCUT2D eigenvalue weighted by atomic mass is 9.99. The maximum atomic E-state index is 12.3. The molecule has 1 aromatic carbocycles. The zero-order valence-electron chi connectivity index (χ0n) is 12.2. The zero-order chi connectivity index (χ0) is 14.7. The molecule has 3 rings (SSSR count). The van der Waals surface area contributed by atoms with E-state index in [1.807, 2.05) is 0 Å². The number of hydrogen-bond donors (Lipinski definition) is 0. The second-order valence-corrected chi connectivity index (χ2v) is 5.38. The van der Waals surface area contributed by atoms with Crippen LogP contribution in [0.3, 0.4) is 0 Å². The quantitative estimate of drug-likeness (QED) is 0.801. The zero-order valence-corrected chi connectivity index (χ0v) is 12.2. The van der Waals surface area contributed by atoms with Crippen molar-refractivity contribution in [2.45, 2.75) is 37.6 Å². The minimum Gasteiger partial charge on any atom is -0.497 e. The van der Waals surface area contributed by atoms with Crippen LogP contribution in [0.15, 0.2) is 24.3 Å². The molecule has 0 bridgehead atoms. The molecule has 0 amide bonds. The smallest absolute Gasteiger partial charge is 0.338 e. The van der Waals surface area contributed by atoms with Crippen molar-refractivity contribution in [3.05, 3.63) is 29.8 Å². The van der Waals surface area contributed by atoms with Gasteiger partial charge in [0.15, 0.2) is 6.10 Å². The van der Waals surface area contributed by atoms with Gasteiger partial charge in [-0.25, -0.2) is 4.79 Å². The Kier molecular flexibility index (Phi) is 4.12. The average molecular weight is 292 g/mol. The molecule has 0 N–H and O–H groups in total. The average Bonchev–Trinajstić information content (AvgIpc) is 2.99. The van der Waals surface area contributed by atoms with Crippen LogP contribution in [0, 0.1) is 0 Å². The van der Waals surface area contributed by atoms with Crippen LogP contribution < -0.4 is 4.74 Å². The predicted molar refractivity (Wildman–Crippen MR) is 75.3 cm³/mol. The number of carbonyl (C=O) groups excluding carboxylic acids is 1. The number of rotatable bonds is 3. The van der Waals surface area contributed by atoms with Crippen molar-refractivity contribution in [3.8, 4) is 5.75 Å². The van der Waals surface area contributed by atoms with E-state index in [1.54, 1.807) is 31.4 Å². The van der Waals surface area contributed by atoms with Crippen molar-refractivity contribution in [2.24, 2.45) is 0 Å². The summed E-state index contributed by atoms with van der Waals surface area (Å²) in [6.07, 6.45) is 3.03. The largest absolute Gasteiger partial charge is 0.497 e. The van der Waals surface area contributed by atoms with Crippen LogP contribution in [0.1, 0.15) is 36.0 Å². The Labute approximate surface area is 124 Å². The first-order chi connectivity index (χ1) is 10.2. The van der Waals surface area contributed by atoms with Crippen molar-refractivity contribution in [3.63, 3.8) is 0 Å². The molecule has 2 saturated heterocycles. The standard InChI is InChI=1S/C16H20O5/c1-18-13-6-2-5-12(11-13)15(17)21-14-7-3-9-19-16(14)8-4-10-20-16/h2,5-6,11,14H,3-4,7-10H2,1H3. The molecule has 2 unspecified atom stereocenters. The van der Waals surface area contributed by atoms with Crippen LogP contribution in [-0.4, -0.2) is 38.2 Å². The fraction of sp³-hybridized carbons (Fsp3) is 0.562. The van der Waals surface area contributed by atoms with E-state index in [9.17, 15) is 4.79 Å². The van der Waals surface area contributed by atoms with Crippen molar-refractivity contribution in [2.75, 3.05) is 20.3 Å². The number of hydrogen-bond acceptors (Lipinski definition) is 5. The lowest BCUT2D eigenvalue weighted by molar-refractivity contribution is -0.277. The third-order valence-electron chi connectivity index (χ3n) is 4.02. The van der Waals surface area contributed by atoms with Crippen molar-refractivity contribution in [1.82, 2.24) is 0 Å². The number of carbonyl (C=O) groups is 1. The first kappa shape index (κ1) is 14.4. The molecule has 21 heavy (non-hydrogen) atoms. The van der Waals surface area contributed by atoms with Crippen molar-refractivity contribution >= 4 is 5.97 Å². The molecule has 2 aliphatic rings. The van der Waals surface area contributed by atoms with Crippen LogP contribution in [0.2, 0.25) is 0 Å². The Morgan fingerprint density at radius 1 is 1.29 bits per heavy atom. The van der Waals surface area contributed by atoms with Gasteiger partial charge in [-0.3, -0.25) is 0 Å². The van der Waals surface area contributed by atoms with Gasteiger partial charge in [-0.15, -0.1) is 0 Å². The van der Waals surface area contributed by atoms with E-state index in [0.717, 1.165) is 25.7 Å². The molecule has 2 aliphatic heterocycles. The third-order valence-corrected chi connectivity index (χ3v) is 4.02. The fourth-order valence-electron chi connectivity index (χ4n) is 2.93. The summed E-state index contributed by atoms with van der Waals surface area (Å²) in [6.45, 7) is 1.32. The van der Waals surface area contributed by atoms with Gasteiger partial charge < -0.3 is 18.9 Å². The molecule has 2 atom stereocenters. The molecule has 0 aliphatic carbocycles. The fourth-order valence-corrected chi connectivity index (χ4v) is 2.93. The summed E-state index contributed by atoms with van der Waals surface area (Å²) in [5, 5.41) is 0. The molecule has 1 spiro atoms. The van der Waals surface area contributed by atoms with Crippen molar-refractivity contribution in [1.29, 1.82) is 0 Å². The van der Waals surface area contributed by atoms with Crippen LogP contribution in [0.25, 0.3) is 0 Å². The van der Waals surface area contributed by atoms with Gasteiger partial charge in [0.1, 0.15) is 5.75 Å². The van der Waals surface area contributed by atoms with Gasteiger partial charge in [-0.1, -0.05) is 6.07 Å². The minimum atomic E-state index is -0.729. The summed E-state index contributed by atoms with van der Waals surface area (Å²) >= 11 is 0. The summed E-state index contributed by atoms with van der Waals surface area (Å²) < 4.78 is 22.3. The Balaban J connectivity index is 1.73. The molecule has 5 nitrogen and oxygen atoms in total. The van der Waals surface area contributed by atoms with Crippen LogP contribution in [0.4, 0.5) is 0 Å². The first-order valence-electron chi connectivity index (χ1n) is 7.36. The Morgan fingerprint density at radius 2 is 2.10 bits per heavy atom. The van der Waals surface area contributed by atoms with Crippen LogP contribution >= 0.6 is 0 Å². The predicted octanol–water partition coefficient (Wildman–Crippen LogP) is 2.54. The molecule has 0 aromatic heterocycles. The molecule has 1 aromatic rings.